The molecule has 0 unspecified atom stereocenters. The van der Waals surface area contributed by atoms with E-state index in [-0.39, 0.29) is 21.7 Å². The molecule has 5 heteroatoms. The van der Waals surface area contributed by atoms with E-state index >= 15 is 0 Å². The fourth-order valence-corrected chi connectivity index (χ4v) is 1.33. The van der Waals surface area contributed by atoms with E-state index in [0.717, 1.165) is 0 Å². The molecule has 0 atom stereocenters. The second-order valence-corrected chi connectivity index (χ2v) is 3.05. The van der Waals surface area contributed by atoms with Gasteiger partial charge in [0.25, 0.3) is 0 Å². The van der Waals surface area contributed by atoms with Crippen molar-refractivity contribution in [2.75, 3.05) is 7.11 Å². The largest absolute Gasteiger partial charge is 0.465 e. The Morgan fingerprint density at radius 1 is 1.60 bits per heavy atom. The van der Waals surface area contributed by atoms with Gasteiger partial charge in [-0.3, -0.25) is 4.79 Å². The molecule has 0 radical (unpaired) electrons. The number of nitriles is 1. The lowest BCUT2D eigenvalue weighted by Crippen LogP contribution is -2.03. The number of carbonyl (C=O) groups excluding carboxylic acids is 2. The summed E-state index contributed by atoms with van der Waals surface area (Å²) in [7, 11) is 1.22. The first-order valence-corrected chi connectivity index (χ1v) is 4.29. The number of ether oxygens (including phenoxy) is 1. The predicted octanol–water partition coefficient (Wildman–Crippen LogP) is 1.81. The van der Waals surface area contributed by atoms with Crippen molar-refractivity contribution in [1.82, 2.24) is 0 Å². The molecule has 0 spiro atoms. The molecule has 1 aromatic carbocycles. The van der Waals surface area contributed by atoms with Gasteiger partial charge in [-0.05, 0) is 12.1 Å². The maximum atomic E-state index is 11.2. The Labute approximate surface area is 91.0 Å². The number of nitrogens with zero attached hydrogens (tertiary/aromatic N) is 1. The zero-order valence-corrected chi connectivity index (χ0v) is 8.54. The maximum absolute atomic E-state index is 11.2. The minimum Gasteiger partial charge on any atom is -0.465 e. The third kappa shape index (κ3) is 2.14. The molecule has 0 N–H and O–H groups in total. The molecule has 0 bridgehead atoms. The van der Waals surface area contributed by atoms with E-state index in [4.69, 9.17) is 16.9 Å². The smallest absolute Gasteiger partial charge is 0.337 e. The van der Waals surface area contributed by atoms with Crippen molar-refractivity contribution in [3.63, 3.8) is 0 Å². The molecule has 0 aromatic heterocycles. The lowest BCUT2D eigenvalue weighted by Gasteiger charge is -2.03. The van der Waals surface area contributed by atoms with E-state index in [1.165, 1.54) is 19.2 Å². The standard InChI is InChI=1S/C10H6ClNO3/c1-15-10(14)6-2-7(4-12)8(5-13)9(11)3-6/h2-3,5H,1H3. The third-order valence-corrected chi connectivity index (χ3v) is 2.10. The Balaban J connectivity index is 3.40. The molecule has 0 aliphatic carbocycles. The molecule has 0 saturated heterocycles. The van der Waals surface area contributed by atoms with E-state index in [9.17, 15) is 9.59 Å². The highest BCUT2D eigenvalue weighted by Gasteiger charge is 2.13. The molecular formula is C10H6ClNO3. The van der Waals surface area contributed by atoms with Crippen LogP contribution in [0.15, 0.2) is 12.1 Å². The van der Waals surface area contributed by atoms with Crippen molar-refractivity contribution in [3.05, 3.63) is 33.8 Å². The highest BCUT2D eigenvalue weighted by atomic mass is 35.5. The van der Waals surface area contributed by atoms with Gasteiger partial charge in [-0.25, -0.2) is 4.79 Å². The maximum Gasteiger partial charge on any atom is 0.337 e. The normalized spacial score (nSPS) is 9.13. The molecule has 0 fully saturated rings. The minimum atomic E-state index is -0.606. The molecule has 0 heterocycles. The van der Waals surface area contributed by atoms with Gasteiger partial charge in [-0.15, -0.1) is 0 Å². The number of halogens is 1. The fourth-order valence-electron chi connectivity index (χ4n) is 1.07. The molecule has 0 saturated carbocycles. The summed E-state index contributed by atoms with van der Waals surface area (Å²) in [6, 6.07) is 4.34. The first-order valence-electron chi connectivity index (χ1n) is 3.91. The summed E-state index contributed by atoms with van der Waals surface area (Å²) in [6.45, 7) is 0. The molecular weight excluding hydrogens is 218 g/mol. The summed E-state index contributed by atoms with van der Waals surface area (Å²) in [5.74, 6) is -0.606. The summed E-state index contributed by atoms with van der Waals surface area (Å²) in [6.07, 6.45) is 0.474. The molecule has 0 aliphatic rings. The van der Waals surface area contributed by atoms with Crippen molar-refractivity contribution in [2.24, 2.45) is 0 Å². The molecule has 15 heavy (non-hydrogen) atoms. The van der Waals surface area contributed by atoms with Crippen LogP contribution in [0.1, 0.15) is 26.3 Å². The number of methoxy groups -OCH3 is 1. The zero-order chi connectivity index (χ0) is 11.4. The van der Waals surface area contributed by atoms with E-state index in [1.54, 1.807) is 6.07 Å². The molecule has 76 valence electrons. The highest BCUT2D eigenvalue weighted by molar-refractivity contribution is 6.33. The van der Waals surface area contributed by atoms with Crippen LogP contribution in [-0.4, -0.2) is 19.4 Å². The Hall–Kier alpha value is -1.86. The summed E-state index contributed by atoms with van der Waals surface area (Å²) >= 11 is 5.72. The topological polar surface area (TPSA) is 67.2 Å². The van der Waals surface area contributed by atoms with Gasteiger partial charge in [-0.2, -0.15) is 5.26 Å². The van der Waals surface area contributed by atoms with Crippen LogP contribution < -0.4 is 0 Å². The first kappa shape index (κ1) is 11.2. The number of esters is 1. The quantitative estimate of drug-likeness (QED) is 0.567. The lowest BCUT2D eigenvalue weighted by molar-refractivity contribution is 0.0600. The summed E-state index contributed by atoms with van der Waals surface area (Å²) in [4.78, 5) is 21.8. The van der Waals surface area contributed by atoms with Crippen LogP contribution >= 0.6 is 11.6 Å². The number of hydrogen-bond donors (Lipinski definition) is 0. The molecule has 0 amide bonds. The molecule has 1 rings (SSSR count). The molecule has 0 aliphatic heterocycles. The van der Waals surface area contributed by atoms with Crippen LogP contribution in [0.4, 0.5) is 0 Å². The van der Waals surface area contributed by atoms with Gasteiger partial charge in [0.05, 0.1) is 34.9 Å². The predicted molar refractivity (Wildman–Crippen MR) is 52.9 cm³/mol. The van der Waals surface area contributed by atoms with Gasteiger partial charge in [0.1, 0.15) is 0 Å². The Bertz CT molecular complexity index is 462. The van der Waals surface area contributed by atoms with Gasteiger partial charge in [-0.1, -0.05) is 11.6 Å². The number of aldehydes is 1. The van der Waals surface area contributed by atoms with Gasteiger partial charge in [0.15, 0.2) is 6.29 Å². The van der Waals surface area contributed by atoms with Crippen molar-refractivity contribution in [2.45, 2.75) is 0 Å². The van der Waals surface area contributed by atoms with E-state index in [1.807, 2.05) is 0 Å². The fraction of sp³-hybridized carbons (Fsp3) is 0.100. The van der Waals surface area contributed by atoms with E-state index < -0.39 is 5.97 Å². The number of benzene rings is 1. The van der Waals surface area contributed by atoms with Gasteiger partial charge in [0.2, 0.25) is 0 Å². The van der Waals surface area contributed by atoms with Gasteiger partial charge < -0.3 is 4.74 Å². The van der Waals surface area contributed by atoms with E-state index in [2.05, 4.69) is 4.74 Å². The van der Waals surface area contributed by atoms with Gasteiger partial charge >= 0.3 is 5.97 Å². The lowest BCUT2D eigenvalue weighted by atomic mass is 10.1. The summed E-state index contributed by atoms with van der Waals surface area (Å²) < 4.78 is 4.47. The summed E-state index contributed by atoms with van der Waals surface area (Å²) in [5.41, 5.74) is 0.273. The first-order chi connectivity index (χ1) is 7.13. The van der Waals surface area contributed by atoms with Crippen LogP contribution in [0, 0.1) is 11.3 Å². The van der Waals surface area contributed by atoms with Crippen LogP contribution in [0.5, 0.6) is 0 Å². The molecule has 4 nitrogen and oxygen atoms in total. The highest BCUT2D eigenvalue weighted by Crippen LogP contribution is 2.21. The SMILES string of the molecule is COC(=O)c1cc(Cl)c(C=O)c(C#N)c1. The van der Waals surface area contributed by atoms with Crippen molar-refractivity contribution in [3.8, 4) is 6.07 Å². The van der Waals surface area contributed by atoms with Gasteiger partial charge in [0, 0.05) is 0 Å². The second-order valence-electron chi connectivity index (χ2n) is 2.64. The Morgan fingerprint density at radius 3 is 2.73 bits per heavy atom. The monoisotopic (exact) mass is 223 g/mol. The number of hydrogen-bond acceptors (Lipinski definition) is 4. The summed E-state index contributed by atoms with van der Waals surface area (Å²) in [5, 5.41) is 8.79. The zero-order valence-electron chi connectivity index (χ0n) is 7.78. The molecule has 1 aromatic rings. The van der Waals surface area contributed by atoms with Crippen LogP contribution in [0.25, 0.3) is 0 Å². The Kier molecular flexibility index (Phi) is 3.42. The van der Waals surface area contributed by atoms with Crippen molar-refractivity contribution >= 4 is 23.9 Å². The van der Waals surface area contributed by atoms with E-state index in [0.29, 0.717) is 6.29 Å². The second kappa shape index (κ2) is 4.58. The van der Waals surface area contributed by atoms with Crippen molar-refractivity contribution < 1.29 is 14.3 Å². The van der Waals surface area contributed by atoms with Crippen molar-refractivity contribution in [1.29, 1.82) is 5.26 Å². The average Bonchev–Trinajstić information content (AvgIpc) is 2.26. The van der Waals surface area contributed by atoms with Crippen LogP contribution in [0.2, 0.25) is 5.02 Å². The van der Waals surface area contributed by atoms with Crippen LogP contribution in [0.3, 0.4) is 0 Å². The third-order valence-electron chi connectivity index (χ3n) is 1.79. The number of rotatable bonds is 2. The van der Waals surface area contributed by atoms with Crippen LogP contribution in [-0.2, 0) is 4.74 Å². The Morgan fingerprint density at radius 2 is 2.27 bits per heavy atom. The minimum absolute atomic E-state index is 0.0536. The number of carbonyl (C=O) groups is 2. The average molecular weight is 224 g/mol.